The van der Waals surface area contributed by atoms with Crippen molar-refractivity contribution < 1.29 is 9.53 Å². The second kappa shape index (κ2) is 13.8. The van der Waals surface area contributed by atoms with Gasteiger partial charge in [0.1, 0.15) is 12.4 Å². The van der Waals surface area contributed by atoms with E-state index in [1.54, 1.807) is 19.0 Å². The van der Waals surface area contributed by atoms with Crippen molar-refractivity contribution in [3.63, 3.8) is 0 Å². The molecule has 2 N–H and O–H groups in total. The molecule has 0 saturated heterocycles. The van der Waals surface area contributed by atoms with Crippen molar-refractivity contribution in [2.75, 3.05) is 40.3 Å². The van der Waals surface area contributed by atoms with E-state index in [0.717, 1.165) is 30.2 Å². The normalized spacial score (nSPS) is 10.7. The lowest BCUT2D eigenvalue weighted by Crippen LogP contribution is -2.39. The van der Waals surface area contributed by atoms with E-state index in [0.29, 0.717) is 25.3 Å². The molecule has 158 valence electrons. The smallest absolute Gasteiger partial charge is 0.253 e. The van der Waals surface area contributed by atoms with Crippen molar-refractivity contribution >= 4 is 35.8 Å². The predicted octanol–water partition coefficient (Wildman–Crippen LogP) is 3.18. The fourth-order valence-corrected chi connectivity index (χ4v) is 2.61. The van der Waals surface area contributed by atoms with Crippen LogP contribution in [-0.2, 0) is 6.42 Å². The lowest BCUT2D eigenvalue weighted by atomic mass is 10.1. The number of carbonyl (C=O) groups is 1. The first-order valence-electron chi connectivity index (χ1n) is 9.60. The summed E-state index contributed by atoms with van der Waals surface area (Å²) in [5.41, 5.74) is 1.80. The van der Waals surface area contributed by atoms with Crippen LogP contribution < -0.4 is 15.4 Å². The summed E-state index contributed by atoms with van der Waals surface area (Å²) in [6.07, 6.45) is 0.769. The topological polar surface area (TPSA) is 66.0 Å². The highest BCUT2D eigenvalue weighted by atomic mass is 127. The van der Waals surface area contributed by atoms with Gasteiger partial charge in [0.05, 0.1) is 6.54 Å². The number of halogens is 1. The summed E-state index contributed by atoms with van der Waals surface area (Å²) in [7, 11) is 3.52. The monoisotopic (exact) mass is 510 g/mol. The van der Waals surface area contributed by atoms with Gasteiger partial charge < -0.3 is 20.3 Å². The van der Waals surface area contributed by atoms with E-state index in [-0.39, 0.29) is 29.9 Å². The number of amides is 1. The van der Waals surface area contributed by atoms with E-state index in [1.807, 2.05) is 61.5 Å². The van der Waals surface area contributed by atoms with Crippen molar-refractivity contribution in [2.45, 2.75) is 13.3 Å². The second-order valence-corrected chi connectivity index (χ2v) is 6.50. The van der Waals surface area contributed by atoms with Crippen LogP contribution >= 0.6 is 24.0 Å². The first kappa shape index (κ1) is 24.7. The van der Waals surface area contributed by atoms with Crippen LogP contribution in [0.25, 0.3) is 0 Å². The van der Waals surface area contributed by atoms with Crippen molar-refractivity contribution in [3.05, 3.63) is 65.7 Å². The third-order valence-electron chi connectivity index (χ3n) is 4.00. The van der Waals surface area contributed by atoms with Gasteiger partial charge in [-0.05, 0) is 43.2 Å². The van der Waals surface area contributed by atoms with Crippen LogP contribution in [0.1, 0.15) is 22.8 Å². The summed E-state index contributed by atoms with van der Waals surface area (Å²) in [5.74, 6) is 1.64. The SMILES string of the molecule is CCNC(=NCCc1cccc(C(=O)N(C)C)c1)NCCOc1ccccc1.I. The average Bonchev–Trinajstić information content (AvgIpc) is 2.71. The van der Waals surface area contributed by atoms with Crippen LogP contribution in [0.2, 0.25) is 0 Å². The van der Waals surface area contributed by atoms with Crippen LogP contribution in [-0.4, -0.2) is 57.1 Å². The minimum Gasteiger partial charge on any atom is -0.492 e. The molecule has 0 heterocycles. The summed E-state index contributed by atoms with van der Waals surface area (Å²) < 4.78 is 5.68. The molecule has 29 heavy (non-hydrogen) atoms. The van der Waals surface area contributed by atoms with Gasteiger partial charge in [-0.2, -0.15) is 0 Å². The molecule has 0 fully saturated rings. The lowest BCUT2D eigenvalue weighted by Gasteiger charge is -2.12. The number of hydrogen-bond acceptors (Lipinski definition) is 3. The standard InChI is InChI=1S/C22H30N4O2.HI/c1-4-23-22(25-15-16-28-20-11-6-5-7-12-20)24-14-13-18-9-8-10-19(17-18)21(27)26(2)3;/h5-12,17H,4,13-16H2,1-3H3,(H2,23,24,25);1H. The largest absolute Gasteiger partial charge is 0.492 e. The van der Waals surface area contributed by atoms with Crippen molar-refractivity contribution in [1.82, 2.24) is 15.5 Å². The molecule has 0 aliphatic heterocycles. The Morgan fingerprint density at radius 1 is 1.07 bits per heavy atom. The molecule has 7 heteroatoms. The minimum absolute atomic E-state index is 0. The molecule has 0 atom stereocenters. The molecule has 2 aromatic rings. The van der Waals surface area contributed by atoms with E-state index in [9.17, 15) is 4.79 Å². The minimum atomic E-state index is 0. The van der Waals surface area contributed by atoms with Crippen molar-refractivity contribution in [3.8, 4) is 5.75 Å². The van der Waals surface area contributed by atoms with Gasteiger partial charge in [0.25, 0.3) is 5.91 Å². The number of benzene rings is 2. The Bertz CT molecular complexity index is 766. The Morgan fingerprint density at radius 2 is 1.83 bits per heavy atom. The molecule has 0 spiro atoms. The van der Waals surface area contributed by atoms with Gasteiger partial charge in [0.15, 0.2) is 5.96 Å². The number of rotatable bonds is 9. The Kier molecular flexibility index (Phi) is 11.8. The maximum absolute atomic E-state index is 12.1. The Hall–Kier alpha value is -2.29. The summed E-state index contributed by atoms with van der Waals surface area (Å²) in [6, 6.07) is 17.5. The van der Waals surface area contributed by atoms with Crippen molar-refractivity contribution in [2.24, 2.45) is 4.99 Å². The number of nitrogens with one attached hydrogen (secondary N) is 2. The van der Waals surface area contributed by atoms with E-state index in [4.69, 9.17) is 4.74 Å². The van der Waals surface area contributed by atoms with E-state index in [2.05, 4.69) is 15.6 Å². The first-order chi connectivity index (χ1) is 13.6. The molecule has 2 aromatic carbocycles. The van der Waals surface area contributed by atoms with Crippen LogP contribution in [0.3, 0.4) is 0 Å². The second-order valence-electron chi connectivity index (χ2n) is 6.50. The molecule has 1 amide bonds. The highest BCUT2D eigenvalue weighted by molar-refractivity contribution is 14.0. The van der Waals surface area contributed by atoms with Crippen LogP contribution in [0.5, 0.6) is 5.75 Å². The number of guanidine groups is 1. The summed E-state index contributed by atoms with van der Waals surface area (Å²) >= 11 is 0. The zero-order chi connectivity index (χ0) is 20.2. The Labute approximate surface area is 190 Å². The van der Waals surface area contributed by atoms with Gasteiger partial charge in [-0.25, -0.2) is 0 Å². The van der Waals surface area contributed by atoms with Gasteiger partial charge in [0, 0.05) is 32.7 Å². The molecular weight excluding hydrogens is 479 g/mol. The van der Waals surface area contributed by atoms with E-state index >= 15 is 0 Å². The number of nitrogens with zero attached hydrogens (tertiary/aromatic N) is 2. The van der Waals surface area contributed by atoms with Crippen LogP contribution in [0.15, 0.2) is 59.6 Å². The maximum atomic E-state index is 12.1. The number of hydrogen-bond donors (Lipinski definition) is 2. The molecule has 0 saturated carbocycles. The number of aliphatic imine (C=N–C) groups is 1. The highest BCUT2D eigenvalue weighted by Gasteiger charge is 2.08. The quantitative estimate of drug-likeness (QED) is 0.236. The molecular formula is C22H31IN4O2. The Morgan fingerprint density at radius 3 is 2.52 bits per heavy atom. The van der Waals surface area contributed by atoms with Gasteiger partial charge in [-0.15, -0.1) is 24.0 Å². The Balaban J connectivity index is 0.00000420. The van der Waals surface area contributed by atoms with Crippen molar-refractivity contribution in [1.29, 1.82) is 0 Å². The third kappa shape index (κ3) is 9.17. The van der Waals surface area contributed by atoms with Gasteiger partial charge in [-0.3, -0.25) is 9.79 Å². The molecule has 0 aliphatic rings. The highest BCUT2D eigenvalue weighted by Crippen LogP contribution is 2.08. The third-order valence-corrected chi connectivity index (χ3v) is 4.00. The zero-order valence-electron chi connectivity index (χ0n) is 17.4. The molecule has 0 aliphatic carbocycles. The fourth-order valence-electron chi connectivity index (χ4n) is 2.61. The summed E-state index contributed by atoms with van der Waals surface area (Å²) in [4.78, 5) is 18.3. The zero-order valence-corrected chi connectivity index (χ0v) is 19.7. The molecule has 6 nitrogen and oxygen atoms in total. The van der Waals surface area contributed by atoms with E-state index in [1.165, 1.54) is 0 Å². The maximum Gasteiger partial charge on any atom is 0.253 e. The van der Waals surface area contributed by atoms with Gasteiger partial charge in [0.2, 0.25) is 0 Å². The fraction of sp³-hybridized carbons (Fsp3) is 0.364. The number of ether oxygens (including phenoxy) is 1. The number of carbonyl (C=O) groups excluding carboxylic acids is 1. The first-order valence-corrected chi connectivity index (χ1v) is 9.60. The molecule has 2 rings (SSSR count). The van der Waals surface area contributed by atoms with E-state index < -0.39 is 0 Å². The lowest BCUT2D eigenvalue weighted by molar-refractivity contribution is 0.0827. The van der Waals surface area contributed by atoms with Gasteiger partial charge >= 0.3 is 0 Å². The molecule has 0 aromatic heterocycles. The molecule has 0 bridgehead atoms. The average molecular weight is 510 g/mol. The predicted molar refractivity (Wildman–Crippen MR) is 129 cm³/mol. The number of para-hydroxylation sites is 1. The van der Waals surface area contributed by atoms with Crippen LogP contribution in [0, 0.1) is 0 Å². The van der Waals surface area contributed by atoms with Gasteiger partial charge in [-0.1, -0.05) is 30.3 Å². The molecule has 0 unspecified atom stereocenters. The summed E-state index contributed by atoms with van der Waals surface area (Å²) in [5, 5.41) is 6.51. The molecule has 0 radical (unpaired) electrons. The summed E-state index contributed by atoms with van der Waals surface area (Å²) in [6.45, 7) is 4.68. The van der Waals surface area contributed by atoms with Crippen LogP contribution in [0.4, 0.5) is 0 Å².